The first kappa shape index (κ1) is 24.1. The van der Waals surface area contributed by atoms with E-state index in [1.165, 1.54) is 19.2 Å². The molecule has 1 atom stereocenters. The second kappa shape index (κ2) is 11.8. The SMILES string of the molecule is COC(=O)CCCCCNC(=O)C(CC(C)C)NS(=O)(=O)c1ccc(C)cc1. The van der Waals surface area contributed by atoms with E-state index in [1.807, 2.05) is 20.8 Å². The summed E-state index contributed by atoms with van der Waals surface area (Å²) in [6, 6.07) is 5.68. The lowest BCUT2D eigenvalue weighted by molar-refractivity contribution is -0.140. The standard InChI is InChI=1S/C20H32N2O5S/c1-15(2)14-18(20(24)21-13-7-5-6-8-19(23)27-4)22-28(25,26)17-11-9-16(3)10-12-17/h9-12,15,18,22H,5-8,13-14H2,1-4H3,(H,21,24). The van der Waals surface area contributed by atoms with Gasteiger partial charge in [0.1, 0.15) is 6.04 Å². The second-order valence-electron chi connectivity index (χ2n) is 7.29. The van der Waals surface area contributed by atoms with Gasteiger partial charge >= 0.3 is 5.97 Å². The third kappa shape index (κ3) is 8.84. The smallest absolute Gasteiger partial charge is 0.305 e. The maximum Gasteiger partial charge on any atom is 0.305 e. The Morgan fingerprint density at radius 1 is 1.07 bits per heavy atom. The van der Waals surface area contributed by atoms with Gasteiger partial charge in [0, 0.05) is 13.0 Å². The number of unbranched alkanes of at least 4 members (excludes halogenated alkanes) is 2. The highest BCUT2D eigenvalue weighted by Crippen LogP contribution is 2.13. The Morgan fingerprint density at radius 3 is 2.29 bits per heavy atom. The zero-order valence-corrected chi connectivity index (χ0v) is 18.0. The van der Waals surface area contributed by atoms with E-state index < -0.39 is 16.1 Å². The van der Waals surface area contributed by atoms with Crippen LogP contribution in [0.15, 0.2) is 29.2 Å². The first-order chi connectivity index (χ1) is 13.2. The highest BCUT2D eigenvalue weighted by Gasteiger charge is 2.26. The minimum absolute atomic E-state index is 0.141. The van der Waals surface area contributed by atoms with E-state index in [1.54, 1.807) is 12.1 Å². The molecule has 0 saturated heterocycles. The molecule has 0 aliphatic carbocycles. The zero-order chi connectivity index (χ0) is 21.2. The Morgan fingerprint density at radius 2 is 1.71 bits per heavy atom. The van der Waals surface area contributed by atoms with E-state index in [0.29, 0.717) is 32.2 Å². The Hall–Kier alpha value is -1.93. The molecule has 2 N–H and O–H groups in total. The number of rotatable bonds is 12. The van der Waals surface area contributed by atoms with E-state index in [4.69, 9.17) is 0 Å². The third-order valence-electron chi connectivity index (χ3n) is 4.24. The molecular weight excluding hydrogens is 380 g/mol. The number of methoxy groups -OCH3 is 1. The number of carbonyl (C=O) groups is 2. The minimum atomic E-state index is -3.78. The summed E-state index contributed by atoms with van der Waals surface area (Å²) in [5, 5.41) is 2.79. The number of nitrogens with one attached hydrogen (secondary N) is 2. The van der Waals surface area contributed by atoms with Crippen LogP contribution in [0.1, 0.15) is 51.5 Å². The van der Waals surface area contributed by atoms with Crippen molar-refractivity contribution in [2.75, 3.05) is 13.7 Å². The van der Waals surface area contributed by atoms with E-state index in [2.05, 4.69) is 14.8 Å². The summed E-state index contributed by atoms with van der Waals surface area (Å²) in [5.41, 5.74) is 0.961. The molecule has 0 aliphatic rings. The van der Waals surface area contributed by atoms with Crippen molar-refractivity contribution < 1.29 is 22.7 Å². The lowest BCUT2D eigenvalue weighted by Gasteiger charge is -2.20. The van der Waals surface area contributed by atoms with E-state index in [-0.39, 0.29) is 22.7 Å². The van der Waals surface area contributed by atoms with Crippen LogP contribution in [-0.4, -0.2) is 40.0 Å². The number of benzene rings is 1. The summed E-state index contributed by atoms with van der Waals surface area (Å²) >= 11 is 0. The molecule has 8 heteroatoms. The molecule has 1 aromatic rings. The predicted octanol–water partition coefficient (Wildman–Crippen LogP) is 2.54. The van der Waals surface area contributed by atoms with Crippen LogP contribution >= 0.6 is 0 Å². The van der Waals surface area contributed by atoms with Gasteiger partial charge in [-0.15, -0.1) is 0 Å². The van der Waals surface area contributed by atoms with Crippen molar-refractivity contribution in [3.63, 3.8) is 0 Å². The summed E-state index contributed by atoms with van der Waals surface area (Å²) < 4.78 is 32.3. The molecule has 1 amide bonds. The highest BCUT2D eigenvalue weighted by atomic mass is 32.2. The van der Waals surface area contributed by atoms with Crippen LogP contribution in [0.2, 0.25) is 0 Å². The number of aryl methyl sites for hydroxylation is 1. The van der Waals surface area contributed by atoms with E-state index >= 15 is 0 Å². The van der Waals surface area contributed by atoms with Gasteiger partial charge in [0.05, 0.1) is 12.0 Å². The van der Waals surface area contributed by atoms with E-state index in [9.17, 15) is 18.0 Å². The first-order valence-corrected chi connectivity index (χ1v) is 11.1. The van der Waals surface area contributed by atoms with Crippen molar-refractivity contribution in [1.29, 1.82) is 0 Å². The summed E-state index contributed by atoms with van der Waals surface area (Å²) in [7, 11) is -2.42. The zero-order valence-electron chi connectivity index (χ0n) is 17.2. The maximum atomic E-state index is 12.6. The minimum Gasteiger partial charge on any atom is -0.469 e. The Kier molecular flexibility index (Phi) is 10.2. The van der Waals surface area contributed by atoms with Crippen LogP contribution in [0.5, 0.6) is 0 Å². The van der Waals surface area contributed by atoms with Crippen LogP contribution in [0.25, 0.3) is 0 Å². The Labute approximate surface area is 168 Å². The summed E-state index contributed by atoms with van der Waals surface area (Å²) in [6.07, 6.45) is 2.94. The normalized spacial score (nSPS) is 12.6. The van der Waals surface area contributed by atoms with Crippen LogP contribution in [0, 0.1) is 12.8 Å². The van der Waals surface area contributed by atoms with Gasteiger partial charge in [0.2, 0.25) is 15.9 Å². The maximum absolute atomic E-state index is 12.6. The largest absolute Gasteiger partial charge is 0.469 e. The number of hydrogen-bond acceptors (Lipinski definition) is 5. The van der Waals surface area contributed by atoms with Crippen LogP contribution in [0.3, 0.4) is 0 Å². The Balaban J connectivity index is 2.60. The molecule has 0 bridgehead atoms. The molecule has 0 heterocycles. The molecule has 1 unspecified atom stereocenters. The summed E-state index contributed by atoms with van der Waals surface area (Å²) in [6.45, 7) is 6.19. The molecule has 0 fully saturated rings. The van der Waals surface area contributed by atoms with Crippen LogP contribution in [-0.2, 0) is 24.3 Å². The van der Waals surface area contributed by atoms with Crippen molar-refractivity contribution in [2.45, 2.75) is 63.8 Å². The van der Waals surface area contributed by atoms with Gasteiger partial charge in [-0.1, -0.05) is 38.0 Å². The second-order valence-corrected chi connectivity index (χ2v) is 9.01. The van der Waals surface area contributed by atoms with Gasteiger partial charge in [0.25, 0.3) is 0 Å². The van der Waals surface area contributed by atoms with Crippen molar-refractivity contribution >= 4 is 21.9 Å². The number of esters is 1. The number of ether oxygens (including phenoxy) is 1. The number of sulfonamides is 1. The van der Waals surface area contributed by atoms with Crippen LogP contribution in [0.4, 0.5) is 0 Å². The predicted molar refractivity (Wildman–Crippen MR) is 108 cm³/mol. The topological polar surface area (TPSA) is 102 Å². The number of hydrogen-bond donors (Lipinski definition) is 2. The Bertz CT molecular complexity index is 729. The molecule has 1 aromatic carbocycles. The van der Waals surface area contributed by atoms with Crippen molar-refractivity contribution in [3.8, 4) is 0 Å². The van der Waals surface area contributed by atoms with Gasteiger partial charge in [-0.25, -0.2) is 8.42 Å². The highest BCUT2D eigenvalue weighted by molar-refractivity contribution is 7.89. The summed E-state index contributed by atoms with van der Waals surface area (Å²) in [4.78, 5) is 23.7. The molecule has 0 radical (unpaired) electrons. The van der Waals surface area contributed by atoms with Crippen LogP contribution < -0.4 is 10.0 Å². The summed E-state index contributed by atoms with van der Waals surface area (Å²) in [5.74, 6) is -0.430. The fourth-order valence-electron chi connectivity index (χ4n) is 2.66. The average Bonchev–Trinajstić information content (AvgIpc) is 2.63. The van der Waals surface area contributed by atoms with Gasteiger partial charge in [0.15, 0.2) is 0 Å². The van der Waals surface area contributed by atoms with Gasteiger partial charge in [-0.05, 0) is 44.2 Å². The fraction of sp³-hybridized carbons (Fsp3) is 0.600. The average molecular weight is 413 g/mol. The molecule has 28 heavy (non-hydrogen) atoms. The number of amides is 1. The molecular formula is C20H32N2O5S. The van der Waals surface area contributed by atoms with Crippen molar-refractivity contribution in [1.82, 2.24) is 10.0 Å². The molecule has 0 saturated carbocycles. The fourth-order valence-corrected chi connectivity index (χ4v) is 3.87. The van der Waals surface area contributed by atoms with Gasteiger partial charge < -0.3 is 10.1 Å². The molecule has 7 nitrogen and oxygen atoms in total. The molecule has 158 valence electrons. The monoisotopic (exact) mass is 412 g/mol. The molecule has 0 aromatic heterocycles. The third-order valence-corrected chi connectivity index (χ3v) is 5.72. The van der Waals surface area contributed by atoms with E-state index in [0.717, 1.165) is 12.0 Å². The van der Waals surface area contributed by atoms with Gasteiger partial charge in [-0.3, -0.25) is 9.59 Å². The van der Waals surface area contributed by atoms with Crippen molar-refractivity contribution in [2.24, 2.45) is 5.92 Å². The quantitative estimate of drug-likeness (QED) is 0.406. The first-order valence-electron chi connectivity index (χ1n) is 9.59. The molecule has 1 rings (SSSR count). The lowest BCUT2D eigenvalue weighted by Crippen LogP contribution is -2.47. The van der Waals surface area contributed by atoms with Crippen molar-refractivity contribution in [3.05, 3.63) is 29.8 Å². The molecule has 0 spiro atoms. The lowest BCUT2D eigenvalue weighted by atomic mass is 10.0. The molecule has 0 aliphatic heterocycles. The van der Waals surface area contributed by atoms with Gasteiger partial charge in [-0.2, -0.15) is 4.72 Å². The number of carbonyl (C=O) groups excluding carboxylic acids is 2.